The Labute approximate surface area is 252 Å². The molecule has 2 amide bonds. The molecule has 1 atom stereocenters. The quantitative estimate of drug-likeness (QED) is 0.387. The molecule has 1 aliphatic carbocycles. The lowest BCUT2D eigenvalue weighted by Gasteiger charge is -2.49. The fourth-order valence-electron chi connectivity index (χ4n) is 6.66. The average molecular weight is 629 g/mol. The third kappa shape index (κ3) is 6.06. The van der Waals surface area contributed by atoms with Crippen molar-refractivity contribution in [3.05, 3.63) is 33.8 Å². The van der Waals surface area contributed by atoms with Gasteiger partial charge in [0.15, 0.2) is 0 Å². The van der Waals surface area contributed by atoms with E-state index in [0.29, 0.717) is 100 Å². The van der Waals surface area contributed by atoms with Crippen molar-refractivity contribution in [3.8, 4) is 0 Å². The summed E-state index contributed by atoms with van der Waals surface area (Å²) in [6.45, 7) is 7.16. The number of ether oxygens (including phenoxy) is 1. The number of halogens is 2. The van der Waals surface area contributed by atoms with E-state index in [2.05, 4.69) is 9.80 Å². The van der Waals surface area contributed by atoms with E-state index in [-0.39, 0.29) is 11.8 Å². The van der Waals surface area contributed by atoms with E-state index < -0.39 is 15.6 Å². The van der Waals surface area contributed by atoms with Crippen molar-refractivity contribution in [2.24, 2.45) is 5.92 Å². The molecule has 4 aliphatic heterocycles. The largest absolute Gasteiger partial charge is 0.379 e. The van der Waals surface area contributed by atoms with Crippen LogP contribution in [0, 0.1) is 5.92 Å². The van der Waals surface area contributed by atoms with Crippen LogP contribution in [0.2, 0.25) is 10.0 Å². The van der Waals surface area contributed by atoms with Gasteiger partial charge in [-0.3, -0.25) is 19.4 Å². The van der Waals surface area contributed by atoms with Crippen LogP contribution < -0.4 is 0 Å². The predicted octanol–water partition coefficient (Wildman–Crippen LogP) is 2.06. The van der Waals surface area contributed by atoms with Gasteiger partial charge < -0.3 is 9.64 Å². The van der Waals surface area contributed by atoms with Crippen LogP contribution in [0.4, 0.5) is 0 Å². The van der Waals surface area contributed by atoms with Gasteiger partial charge in [0, 0.05) is 71.4 Å². The molecule has 4 saturated heterocycles. The van der Waals surface area contributed by atoms with Gasteiger partial charge >= 0.3 is 0 Å². The van der Waals surface area contributed by atoms with Gasteiger partial charge in [-0.2, -0.15) is 17.0 Å². The molecule has 41 heavy (non-hydrogen) atoms. The van der Waals surface area contributed by atoms with Crippen LogP contribution in [0.15, 0.2) is 18.2 Å². The first-order valence-electron chi connectivity index (χ1n) is 14.8. The Balaban J connectivity index is 1.06. The number of imide groups is 1. The lowest BCUT2D eigenvalue weighted by molar-refractivity contribution is -0.154. The van der Waals surface area contributed by atoms with Gasteiger partial charge in [-0.05, 0) is 55.8 Å². The molecule has 0 aromatic heterocycles. The van der Waals surface area contributed by atoms with E-state index >= 15 is 0 Å². The molecule has 0 radical (unpaired) electrons. The number of likely N-dealkylation sites (tertiary alicyclic amines) is 2. The van der Waals surface area contributed by atoms with Crippen LogP contribution in [0.25, 0.3) is 0 Å². The lowest BCUT2D eigenvalue weighted by Crippen LogP contribution is -2.64. The van der Waals surface area contributed by atoms with Gasteiger partial charge in [-0.1, -0.05) is 29.3 Å². The number of piperazine rings is 1. The summed E-state index contributed by atoms with van der Waals surface area (Å²) < 4.78 is 34.5. The van der Waals surface area contributed by atoms with Crippen LogP contribution in [0.3, 0.4) is 0 Å². The average Bonchev–Trinajstić information content (AvgIpc) is 3.78. The van der Waals surface area contributed by atoms with Crippen molar-refractivity contribution in [3.63, 3.8) is 0 Å². The summed E-state index contributed by atoms with van der Waals surface area (Å²) >= 11 is 12.6. The van der Waals surface area contributed by atoms with Gasteiger partial charge in [0.2, 0.25) is 11.8 Å². The second-order valence-electron chi connectivity index (χ2n) is 12.1. The summed E-state index contributed by atoms with van der Waals surface area (Å²) in [4.78, 5) is 33.1. The molecule has 0 N–H and O–H groups in total. The normalized spacial score (nSPS) is 28.3. The maximum atomic E-state index is 14.0. The number of nitrogens with zero attached hydrogens (tertiary/aromatic N) is 5. The number of hydrogen-bond donors (Lipinski definition) is 0. The van der Waals surface area contributed by atoms with Crippen LogP contribution >= 0.6 is 23.2 Å². The molecule has 0 bridgehead atoms. The standard InChI is InChI=1S/C28H39Cl2N5O5S/c29-24-4-3-22(17-25(24)30)28(6-5-26(36)35(27(28)37)18-21-1-2-21)7-8-31-19-23(20-31)32-9-11-33(12-10-32)41(38,39)34-13-15-40-16-14-34/h3-4,17,21,23H,1-2,5-16,18-20H2. The molecule has 6 rings (SSSR count). The maximum Gasteiger partial charge on any atom is 0.282 e. The Morgan fingerprint density at radius 2 is 1.61 bits per heavy atom. The Morgan fingerprint density at radius 3 is 2.27 bits per heavy atom. The second kappa shape index (κ2) is 12.0. The van der Waals surface area contributed by atoms with E-state index in [1.54, 1.807) is 16.4 Å². The van der Waals surface area contributed by atoms with E-state index in [9.17, 15) is 18.0 Å². The number of carbonyl (C=O) groups excluding carboxylic acids is 2. The smallest absolute Gasteiger partial charge is 0.282 e. The van der Waals surface area contributed by atoms with E-state index in [1.165, 1.54) is 9.21 Å². The molecular weight excluding hydrogens is 589 g/mol. The molecule has 1 aromatic rings. The monoisotopic (exact) mass is 627 g/mol. The van der Waals surface area contributed by atoms with Crippen molar-refractivity contribution in [1.82, 2.24) is 23.3 Å². The van der Waals surface area contributed by atoms with Gasteiger partial charge in [0.1, 0.15) is 0 Å². The van der Waals surface area contributed by atoms with Crippen molar-refractivity contribution in [1.29, 1.82) is 0 Å². The first-order valence-corrected chi connectivity index (χ1v) is 16.9. The minimum absolute atomic E-state index is 0.0728. The molecular formula is C28H39Cl2N5O5S. The fourth-order valence-corrected chi connectivity index (χ4v) is 8.52. The molecule has 1 unspecified atom stereocenters. The minimum atomic E-state index is -3.44. The number of rotatable bonds is 9. The molecule has 13 heteroatoms. The zero-order valence-corrected chi connectivity index (χ0v) is 25.7. The Bertz CT molecular complexity index is 1260. The number of benzene rings is 1. The van der Waals surface area contributed by atoms with Crippen molar-refractivity contribution < 1.29 is 22.7 Å². The van der Waals surface area contributed by atoms with Crippen LogP contribution in [-0.2, 0) is 30.0 Å². The van der Waals surface area contributed by atoms with E-state index in [4.69, 9.17) is 27.9 Å². The summed E-state index contributed by atoms with van der Waals surface area (Å²) in [6, 6.07) is 5.81. The van der Waals surface area contributed by atoms with Gasteiger partial charge in [-0.15, -0.1) is 0 Å². The number of morpholine rings is 1. The zero-order chi connectivity index (χ0) is 28.8. The van der Waals surface area contributed by atoms with Gasteiger partial charge in [0.05, 0.1) is 28.7 Å². The highest BCUT2D eigenvalue weighted by Gasteiger charge is 2.50. The fraction of sp³-hybridized carbons (Fsp3) is 0.714. The summed E-state index contributed by atoms with van der Waals surface area (Å²) in [5.74, 6) is 0.248. The number of piperidine rings is 1. The molecule has 4 heterocycles. The molecule has 0 spiro atoms. The van der Waals surface area contributed by atoms with Crippen LogP contribution in [0.1, 0.15) is 37.7 Å². The molecule has 5 aliphatic rings. The molecule has 1 saturated carbocycles. The summed E-state index contributed by atoms with van der Waals surface area (Å²) in [5, 5.41) is 0.865. The predicted molar refractivity (Wildman–Crippen MR) is 156 cm³/mol. The lowest BCUT2D eigenvalue weighted by atomic mass is 9.70. The summed E-state index contributed by atoms with van der Waals surface area (Å²) in [6.07, 6.45) is 3.56. The molecule has 226 valence electrons. The maximum absolute atomic E-state index is 14.0. The third-order valence-corrected chi connectivity index (χ3v) is 12.3. The summed E-state index contributed by atoms with van der Waals surface area (Å²) in [5.41, 5.74) is 0.0292. The first-order chi connectivity index (χ1) is 19.7. The zero-order valence-electron chi connectivity index (χ0n) is 23.3. The van der Waals surface area contributed by atoms with E-state index in [0.717, 1.165) is 38.0 Å². The van der Waals surface area contributed by atoms with Gasteiger partial charge in [-0.25, -0.2) is 0 Å². The highest BCUT2D eigenvalue weighted by atomic mass is 35.5. The Kier molecular flexibility index (Phi) is 8.70. The number of amides is 2. The van der Waals surface area contributed by atoms with Gasteiger partial charge in [0.25, 0.3) is 10.2 Å². The Hall–Kier alpha value is -1.31. The van der Waals surface area contributed by atoms with Crippen LogP contribution in [0.5, 0.6) is 0 Å². The SMILES string of the molecule is O=C1CCC(CCN2CC(N3CCN(S(=O)(=O)N4CCOCC4)CC3)C2)(c2ccc(Cl)c(Cl)c2)C(=O)N1CC1CC1. The molecule has 10 nitrogen and oxygen atoms in total. The number of hydrogen-bond acceptors (Lipinski definition) is 7. The molecule has 5 fully saturated rings. The Morgan fingerprint density at radius 1 is 0.927 bits per heavy atom. The summed E-state index contributed by atoms with van der Waals surface area (Å²) in [7, 11) is -3.44. The second-order valence-corrected chi connectivity index (χ2v) is 14.8. The van der Waals surface area contributed by atoms with E-state index in [1.807, 2.05) is 6.07 Å². The van der Waals surface area contributed by atoms with Crippen molar-refractivity contribution in [2.75, 3.05) is 78.7 Å². The molecule has 1 aromatic carbocycles. The number of carbonyl (C=O) groups is 2. The van der Waals surface area contributed by atoms with Crippen LogP contribution in [-0.4, -0.2) is 128 Å². The van der Waals surface area contributed by atoms with Crippen molar-refractivity contribution >= 4 is 45.2 Å². The third-order valence-electron chi connectivity index (χ3n) is 9.54. The topological polar surface area (TPSA) is 93.7 Å². The van der Waals surface area contributed by atoms with Crippen molar-refractivity contribution in [2.45, 2.75) is 43.6 Å². The highest BCUT2D eigenvalue weighted by molar-refractivity contribution is 7.86. The highest BCUT2D eigenvalue weighted by Crippen LogP contribution is 2.43. The first kappa shape index (κ1) is 29.7. The minimum Gasteiger partial charge on any atom is -0.379 e.